The number of carbonyl (C=O) groups is 3. The van der Waals surface area contributed by atoms with Crippen LogP contribution in [0, 0.1) is 6.92 Å². The lowest BCUT2D eigenvalue weighted by Crippen LogP contribution is -2.71. The second-order valence-electron chi connectivity index (χ2n) is 7.91. The lowest BCUT2D eigenvalue weighted by molar-refractivity contribution is -0.687. The van der Waals surface area contributed by atoms with Crippen LogP contribution in [0.5, 0.6) is 0 Å². The Kier molecular flexibility index (Phi) is 6.36. The van der Waals surface area contributed by atoms with Gasteiger partial charge in [0.1, 0.15) is 35.4 Å². The molecule has 1 saturated heterocycles. The highest BCUT2D eigenvalue weighted by Gasteiger charge is 2.54. The molecule has 2 amide bonds. The fourth-order valence-corrected chi connectivity index (χ4v) is 6.74. The highest BCUT2D eigenvalue weighted by atomic mass is 32.2. The molecule has 0 aliphatic carbocycles. The first-order chi connectivity index (χ1) is 17.3. The smallest absolute Gasteiger partial charge is 0.352 e. The van der Waals surface area contributed by atoms with Crippen molar-refractivity contribution in [1.82, 2.24) is 20.2 Å². The maximum atomic E-state index is 13.0. The Hall–Kier alpha value is -3.56. The number of carboxylic acids is 1. The fraction of sp³-hybridized carbons (Fsp3) is 0.286. The van der Waals surface area contributed by atoms with Crippen molar-refractivity contribution < 1.29 is 28.9 Å². The number of nitrogens with two attached hydrogens (primary N) is 1. The van der Waals surface area contributed by atoms with Gasteiger partial charge in [0, 0.05) is 22.8 Å². The Morgan fingerprint density at radius 1 is 1.42 bits per heavy atom. The van der Waals surface area contributed by atoms with Crippen molar-refractivity contribution in [3.05, 3.63) is 45.8 Å². The number of nitrogens with zero attached hydrogens (tertiary/aromatic N) is 5. The Morgan fingerprint density at radius 2 is 2.22 bits per heavy atom. The molecule has 36 heavy (non-hydrogen) atoms. The van der Waals surface area contributed by atoms with Gasteiger partial charge < -0.3 is 21.0 Å². The van der Waals surface area contributed by atoms with Crippen LogP contribution in [0.4, 0.5) is 5.13 Å². The number of aliphatic carboxylic acids is 1. The third kappa shape index (κ3) is 4.29. The van der Waals surface area contributed by atoms with Crippen LogP contribution in [-0.2, 0) is 25.8 Å². The number of amides is 2. The first kappa shape index (κ1) is 24.1. The second kappa shape index (κ2) is 9.48. The van der Waals surface area contributed by atoms with Crippen molar-refractivity contribution in [1.29, 1.82) is 0 Å². The van der Waals surface area contributed by atoms with Gasteiger partial charge in [-0.3, -0.25) is 14.5 Å². The quantitative estimate of drug-likeness (QED) is 0.168. The number of oxime groups is 1. The van der Waals surface area contributed by atoms with Gasteiger partial charge in [-0.1, -0.05) is 5.16 Å². The highest BCUT2D eigenvalue weighted by molar-refractivity contribution is 8.00. The zero-order valence-corrected chi connectivity index (χ0v) is 21.4. The van der Waals surface area contributed by atoms with Crippen LogP contribution < -0.4 is 15.6 Å². The van der Waals surface area contributed by atoms with Gasteiger partial charge in [0.15, 0.2) is 29.8 Å². The van der Waals surface area contributed by atoms with E-state index in [4.69, 9.17) is 10.6 Å². The molecular formula is C21H20N7O5S3+. The predicted molar refractivity (Wildman–Crippen MR) is 134 cm³/mol. The highest BCUT2D eigenvalue weighted by Crippen LogP contribution is 2.40. The number of aromatic nitrogens is 3. The lowest BCUT2D eigenvalue weighted by atomic mass is 10.0. The van der Waals surface area contributed by atoms with Gasteiger partial charge in [0.2, 0.25) is 0 Å². The Morgan fingerprint density at radius 3 is 2.92 bits per heavy atom. The van der Waals surface area contributed by atoms with Crippen LogP contribution in [0.2, 0.25) is 0 Å². The molecule has 0 radical (unpaired) electrons. The summed E-state index contributed by atoms with van der Waals surface area (Å²) in [4.78, 5) is 52.6. The number of aryl methyl sites for hydroxylation is 1. The van der Waals surface area contributed by atoms with Crippen molar-refractivity contribution in [2.45, 2.75) is 24.9 Å². The average molecular weight is 547 g/mol. The van der Waals surface area contributed by atoms with Gasteiger partial charge in [0.25, 0.3) is 11.8 Å². The number of fused-ring (bicyclic) bond motifs is 2. The van der Waals surface area contributed by atoms with E-state index in [0.29, 0.717) is 17.9 Å². The number of nitrogen functional groups attached to an aromatic ring is 1. The van der Waals surface area contributed by atoms with Gasteiger partial charge >= 0.3 is 5.97 Å². The van der Waals surface area contributed by atoms with E-state index in [1.807, 2.05) is 30.0 Å². The minimum absolute atomic E-state index is 0.0608. The van der Waals surface area contributed by atoms with Crippen LogP contribution in [0.25, 0.3) is 10.2 Å². The van der Waals surface area contributed by atoms with Crippen LogP contribution in [0.1, 0.15) is 10.7 Å². The number of hydrogen-bond acceptors (Lipinski definition) is 11. The number of anilines is 1. The van der Waals surface area contributed by atoms with Gasteiger partial charge in [-0.2, -0.15) is 4.57 Å². The third-order valence-corrected chi connectivity index (χ3v) is 8.53. The van der Waals surface area contributed by atoms with E-state index in [1.54, 1.807) is 16.7 Å². The minimum Gasteiger partial charge on any atom is -0.477 e. The Balaban J connectivity index is 1.36. The summed E-state index contributed by atoms with van der Waals surface area (Å²) in [5.41, 5.74) is 7.10. The number of carboxylic acid groups (broad SMARTS) is 1. The van der Waals surface area contributed by atoms with Crippen molar-refractivity contribution in [2.24, 2.45) is 5.16 Å². The summed E-state index contributed by atoms with van der Waals surface area (Å²) in [7, 11) is 1.28. The Labute approximate surface area is 216 Å². The van der Waals surface area contributed by atoms with E-state index in [0.717, 1.165) is 26.6 Å². The van der Waals surface area contributed by atoms with Crippen molar-refractivity contribution >= 4 is 73.3 Å². The van der Waals surface area contributed by atoms with Crippen molar-refractivity contribution in [3.63, 3.8) is 0 Å². The first-order valence-electron chi connectivity index (χ1n) is 10.6. The Bertz CT molecular complexity index is 1460. The normalized spacial score (nSPS) is 19.8. The van der Waals surface area contributed by atoms with Gasteiger partial charge in [-0.15, -0.1) is 34.4 Å². The molecule has 2 aliphatic heterocycles. The third-order valence-electron chi connectivity index (χ3n) is 5.57. The molecule has 2 aliphatic rings. The molecule has 4 N–H and O–H groups in total. The standard InChI is InChI=1S/C21H19N7O5S3/c1-9-23-11-6-27(4-3-13(11)36-9)5-10-7-34-19-15(18(30)28(19)16(10)20(31)32)25-17(29)14(26-33-2)12-8-35-21(22)24-12/h3-4,6,8,15,19H,5,7H2,1-2H3,(H3-,22,24,25,29,31,32)/p+1/b26-14-/t15-,19-/m1/s1. The summed E-state index contributed by atoms with van der Waals surface area (Å²) in [5.74, 6) is -2.00. The van der Waals surface area contributed by atoms with Gasteiger partial charge in [-0.25, -0.2) is 14.8 Å². The molecule has 15 heteroatoms. The van der Waals surface area contributed by atoms with Crippen molar-refractivity contribution in [2.75, 3.05) is 18.6 Å². The maximum absolute atomic E-state index is 13.0. The molecule has 3 aromatic rings. The summed E-state index contributed by atoms with van der Waals surface area (Å²) < 4.78 is 2.90. The molecule has 0 spiro atoms. The van der Waals surface area contributed by atoms with Crippen LogP contribution in [0.3, 0.4) is 0 Å². The van der Waals surface area contributed by atoms with E-state index in [-0.39, 0.29) is 22.2 Å². The molecule has 2 atom stereocenters. The number of nitrogens with one attached hydrogen (secondary N) is 1. The molecule has 3 aromatic heterocycles. The SMILES string of the molecule is CO/N=C(\C(=O)N[C@@H]1C(=O)N2C(C(=O)O)=C(C[n+]3ccc4sc(C)nc4c3)CS[C@H]12)c1csc(N)n1. The maximum Gasteiger partial charge on any atom is 0.352 e. The molecule has 5 heterocycles. The topological polar surface area (TPSA) is 164 Å². The first-order valence-corrected chi connectivity index (χ1v) is 13.3. The van der Waals surface area contributed by atoms with E-state index in [1.165, 1.54) is 23.8 Å². The van der Waals surface area contributed by atoms with Crippen LogP contribution in [-0.4, -0.2) is 67.7 Å². The summed E-state index contributed by atoms with van der Waals surface area (Å²) in [6.45, 7) is 2.23. The largest absolute Gasteiger partial charge is 0.477 e. The molecule has 0 unspecified atom stereocenters. The van der Waals surface area contributed by atoms with E-state index < -0.39 is 29.2 Å². The molecule has 0 saturated carbocycles. The number of thioether (sulfide) groups is 1. The number of pyridine rings is 1. The van der Waals surface area contributed by atoms with Crippen LogP contribution >= 0.6 is 34.4 Å². The summed E-state index contributed by atoms with van der Waals surface area (Å²) in [6, 6.07) is 1.02. The average Bonchev–Trinajstić information content (AvgIpc) is 3.44. The zero-order chi connectivity index (χ0) is 25.6. The minimum atomic E-state index is -1.20. The number of hydrogen-bond donors (Lipinski definition) is 3. The van der Waals surface area contributed by atoms with Gasteiger partial charge in [-0.05, 0) is 6.92 Å². The number of rotatable bonds is 7. The predicted octanol–water partition coefficient (Wildman–Crippen LogP) is 0.720. The molecule has 186 valence electrons. The number of thiazole rings is 2. The van der Waals surface area contributed by atoms with E-state index in [2.05, 4.69) is 20.4 Å². The molecular weight excluding hydrogens is 526 g/mol. The molecule has 12 nitrogen and oxygen atoms in total. The van der Waals surface area contributed by atoms with Crippen LogP contribution in [0.15, 0.2) is 40.3 Å². The molecule has 0 aromatic carbocycles. The lowest BCUT2D eigenvalue weighted by Gasteiger charge is -2.49. The monoisotopic (exact) mass is 546 g/mol. The summed E-state index contributed by atoms with van der Waals surface area (Å²) >= 11 is 4.10. The molecule has 0 bridgehead atoms. The summed E-state index contributed by atoms with van der Waals surface area (Å²) in [6.07, 6.45) is 3.73. The number of β-lactam (4-membered cyclic amide) rings is 1. The van der Waals surface area contributed by atoms with Crippen molar-refractivity contribution in [3.8, 4) is 0 Å². The summed E-state index contributed by atoms with van der Waals surface area (Å²) in [5, 5.41) is 18.5. The number of carbonyl (C=O) groups excluding carboxylic acids is 2. The molecule has 5 rings (SSSR count). The second-order valence-corrected chi connectivity index (χ2v) is 11.1. The van der Waals surface area contributed by atoms with Gasteiger partial charge in [0.05, 0.1) is 9.71 Å². The van der Waals surface area contributed by atoms with E-state index in [9.17, 15) is 19.5 Å². The zero-order valence-electron chi connectivity index (χ0n) is 19.0. The molecule has 1 fully saturated rings. The van der Waals surface area contributed by atoms with E-state index >= 15 is 0 Å². The fourth-order valence-electron chi connectivity index (χ4n) is 4.06.